The molecule has 0 bridgehead atoms. The summed E-state index contributed by atoms with van der Waals surface area (Å²) >= 11 is 6.16. The van der Waals surface area contributed by atoms with Crippen molar-refractivity contribution in [3.05, 3.63) is 106 Å². The van der Waals surface area contributed by atoms with Crippen molar-refractivity contribution in [2.45, 2.75) is 51.4 Å². The molecule has 1 saturated heterocycles. The fourth-order valence-electron chi connectivity index (χ4n) is 6.36. The Labute approximate surface area is 257 Å². The fourth-order valence-corrected chi connectivity index (χ4v) is 6.49. The Balaban J connectivity index is 1.24. The van der Waals surface area contributed by atoms with Gasteiger partial charge in [-0.15, -0.1) is 0 Å². The smallest absolute Gasteiger partial charge is 0.240 e. The van der Waals surface area contributed by atoms with E-state index in [-0.39, 0.29) is 11.9 Å². The molecule has 3 unspecified atom stereocenters. The number of rotatable bonds is 12. The van der Waals surface area contributed by atoms with Crippen LogP contribution in [0, 0.1) is 0 Å². The first-order chi connectivity index (χ1) is 20.5. The minimum absolute atomic E-state index is 0.195. The normalized spacial score (nSPS) is 19.0. The second-order valence-corrected chi connectivity index (χ2v) is 12.1. The van der Waals surface area contributed by atoms with Crippen LogP contribution in [0.5, 0.6) is 0 Å². The number of hydrogen-bond acceptors (Lipinski definition) is 5. The molecule has 3 atom stereocenters. The largest absolute Gasteiger partial charge is 0.339 e. The van der Waals surface area contributed by atoms with Gasteiger partial charge in [0.15, 0.2) is 0 Å². The zero-order valence-electron chi connectivity index (χ0n) is 25.1. The van der Waals surface area contributed by atoms with Gasteiger partial charge in [0.25, 0.3) is 0 Å². The van der Waals surface area contributed by atoms with E-state index >= 15 is 0 Å². The maximum atomic E-state index is 14.0. The highest BCUT2D eigenvalue weighted by Crippen LogP contribution is 2.24. The van der Waals surface area contributed by atoms with E-state index in [0.717, 1.165) is 70.9 Å². The van der Waals surface area contributed by atoms with E-state index in [1.54, 1.807) is 0 Å². The monoisotopic (exact) mass is 587 g/mol. The quantitative estimate of drug-likeness (QED) is 0.319. The van der Waals surface area contributed by atoms with Crippen molar-refractivity contribution in [3.8, 4) is 0 Å². The van der Waals surface area contributed by atoms with Crippen molar-refractivity contribution in [2.24, 2.45) is 0 Å². The maximum Gasteiger partial charge on any atom is 0.240 e. The molecule has 2 heterocycles. The van der Waals surface area contributed by atoms with Crippen molar-refractivity contribution in [1.29, 1.82) is 0 Å². The molecule has 2 N–H and O–H groups in total. The highest BCUT2D eigenvalue weighted by atomic mass is 35.5. The molecule has 0 saturated carbocycles. The van der Waals surface area contributed by atoms with Gasteiger partial charge >= 0.3 is 0 Å². The molecule has 3 aromatic carbocycles. The first-order valence-corrected chi connectivity index (χ1v) is 16.0. The SMILES string of the molecule is CCN(CC)CC(c1ccccc1)N1CCN(C(=O)C(Cc2ccc(Cl)cc2)NCC2Cc3ccccc3CN2)CC1. The Morgan fingerprint density at radius 2 is 1.60 bits per heavy atom. The number of hydrogen-bond donors (Lipinski definition) is 2. The van der Waals surface area contributed by atoms with Gasteiger partial charge in [-0.1, -0.05) is 92.2 Å². The predicted octanol–water partition coefficient (Wildman–Crippen LogP) is 4.78. The predicted molar refractivity (Wildman–Crippen MR) is 173 cm³/mol. The molecule has 224 valence electrons. The zero-order valence-corrected chi connectivity index (χ0v) is 25.9. The Hall–Kier alpha value is -2.74. The van der Waals surface area contributed by atoms with Crippen LogP contribution in [0.25, 0.3) is 0 Å². The Morgan fingerprint density at radius 1 is 0.929 bits per heavy atom. The molecule has 0 aromatic heterocycles. The molecule has 0 aliphatic carbocycles. The molecule has 6 nitrogen and oxygen atoms in total. The molecular formula is C35H46ClN5O. The summed E-state index contributed by atoms with van der Waals surface area (Å²) in [5, 5.41) is 8.05. The van der Waals surface area contributed by atoms with Gasteiger partial charge in [-0.05, 0) is 60.3 Å². The van der Waals surface area contributed by atoms with E-state index in [2.05, 4.69) is 93.8 Å². The van der Waals surface area contributed by atoms with Crippen LogP contribution in [0.15, 0.2) is 78.9 Å². The summed E-state index contributed by atoms with van der Waals surface area (Å²) < 4.78 is 0. The lowest BCUT2D eigenvalue weighted by Gasteiger charge is -2.42. The summed E-state index contributed by atoms with van der Waals surface area (Å²) in [5.41, 5.74) is 5.25. The molecular weight excluding hydrogens is 542 g/mol. The lowest BCUT2D eigenvalue weighted by Crippen LogP contribution is -2.57. The van der Waals surface area contributed by atoms with E-state index in [0.29, 0.717) is 23.5 Å². The standard InChI is InChI=1S/C35H46ClN5O/c1-3-39(4-2)26-34(28-10-6-5-7-11-28)40-18-20-41(21-19-40)35(42)33(22-27-14-16-31(36)17-15-27)38-25-32-23-29-12-8-9-13-30(29)24-37-32/h5-17,32-34,37-38H,3-4,18-26H2,1-2H3. The minimum Gasteiger partial charge on any atom is -0.339 e. The first-order valence-electron chi connectivity index (χ1n) is 15.6. The van der Waals surface area contributed by atoms with Crippen LogP contribution in [0.4, 0.5) is 0 Å². The van der Waals surface area contributed by atoms with Crippen LogP contribution >= 0.6 is 11.6 Å². The van der Waals surface area contributed by atoms with Gasteiger partial charge in [0.1, 0.15) is 0 Å². The lowest BCUT2D eigenvalue weighted by atomic mass is 9.95. The van der Waals surface area contributed by atoms with Crippen LogP contribution in [0.3, 0.4) is 0 Å². The van der Waals surface area contributed by atoms with Crippen LogP contribution in [-0.4, -0.2) is 85.0 Å². The van der Waals surface area contributed by atoms with Crippen LogP contribution < -0.4 is 10.6 Å². The number of fused-ring (bicyclic) bond motifs is 1. The number of carbonyl (C=O) groups excluding carboxylic acids is 1. The molecule has 1 amide bonds. The minimum atomic E-state index is -0.280. The summed E-state index contributed by atoms with van der Waals surface area (Å²) in [4.78, 5) is 21.2. The van der Waals surface area contributed by atoms with Crippen molar-refractivity contribution >= 4 is 17.5 Å². The molecule has 5 rings (SSSR count). The third-order valence-corrected chi connectivity index (χ3v) is 9.26. The maximum absolute atomic E-state index is 14.0. The zero-order chi connectivity index (χ0) is 29.3. The van der Waals surface area contributed by atoms with Crippen molar-refractivity contribution in [1.82, 2.24) is 25.3 Å². The summed E-state index contributed by atoms with van der Waals surface area (Å²) in [6, 6.07) is 27.7. The Morgan fingerprint density at radius 3 is 2.29 bits per heavy atom. The van der Waals surface area contributed by atoms with Crippen molar-refractivity contribution in [2.75, 3.05) is 52.4 Å². The van der Waals surface area contributed by atoms with E-state index in [4.69, 9.17) is 11.6 Å². The van der Waals surface area contributed by atoms with E-state index in [9.17, 15) is 4.79 Å². The average Bonchev–Trinajstić information content (AvgIpc) is 3.04. The topological polar surface area (TPSA) is 50.9 Å². The molecule has 42 heavy (non-hydrogen) atoms. The number of likely N-dealkylation sites (N-methyl/N-ethyl adjacent to an activating group) is 1. The van der Waals surface area contributed by atoms with E-state index in [1.165, 1.54) is 16.7 Å². The van der Waals surface area contributed by atoms with Gasteiger partial charge in [-0.25, -0.2) is 0 Å². The Bertz CT molecular complexity index is 1260. The van der Waals surface area contributed by atoms with E-state index < -0.39 is 0 Å². The molecule has 7 heteroatoms. The third kappa shape index (κ3) is 8.00. The first kappa shape index (κ1) is 30.7. The molecule has 2 aliphatic heterocycles. The van der Waals surface area contributed by atoms with Crippen molar-refractivity contribution in [3.63, 3.8) is 0 Å². The summed E-state index contributed by atoms with van der Waals surface area (Å²) in [6.45, 7) is 12.4. The lowest BCUT2D eigenvalue weighted by molar-refractivity contribution is -0.135. The molecule has 1 fully saturated rings. The van der Waals surface area contributed by atoms with Crippen LogP contribution in [0.2, 0.25) is 5.02 Å². The number of piperazine rings is 1. The summed E-state index contributed by atoms with van der Waals surface area (Å²) in [7, 11) is 0. The average molecular weight is 588 g/mol. The van der Waals surface area contributed by atoms with Crippen molar-refractivity contribution < 1.29 is 4.79 Å². The number of nitrogens with one attached hydrogen (secondary N) is 2. The van der Waals surface area contributed by atoms with Gasteiger partial charge in [0.05, 0.1) is 6.04 Å². The van der Waals surface area contributed by atoms with Gasteiger partial charge in [-0.3, -0.25) is 9.69 Å². The van der Waals surface area contributed by atoms with Gasteiger partial charge in [-0.2, -0.15) is 0 Å². The molecule has 0 spiro atoms. The second kappa shape index (κ2) is 15.1. The van der Waals surface area contributed by atoms with Gasteiger partial charge < -0.3 is 20.4 Å². The molecule has 2 aliphatic rings. The van der Waals surface area contributed by atoms with E-state index in [1.807, 2.05) is 24.3 Å². The highest BCUT2D eigenvalue weighted by molar-refractivity contribution is 6.30. The number of amides is 1. The number of nitrogens with zero attached hydrogens (tertiary/aromatic N) is 3. The Kier molecular flexibility index (Phi) is 11.1. The molecule has 0 radical (unpaired) electrons. The highest BCUT2D eigenvalue weighted by Gasteiger charge is 2.31. The van der Waals surface area contributed by atoms with Crippen LogP contribution in [-0.2, 0) is 24.2 Å². The second-order valence-electron chi connectivity index (χ2n) is 11.6. The van der Waals surface area contributed by atoms with Crippen LogP contribution in [0.1, 0.15) is 42.1 Å². The number of benzene rings is 3. The van der Waals surface area contributed by atoms with Gasteiger partial charge in [0, 0.05) is 62.9 Å². The number of carbonyl (C=O) groups is 1. The molecule has 3 aromatic rings. The summed E-state index contributed by atoms with van der Waals surface area (Å²) in [5.74, 6) is 0.195. The number of halogens is 1. The third-order valence-electron chi connectivity index (χ3n) is 9.00. The summed E-state index contributed by atoms with van der Waals surface area (Å²) in [6.07, 6.45) is 1.62. The van der Waals surface area contributed by atoms with Gasteiger partial charge in [0.2, 0.25) is 5.91 Å². The fraction of sp³-hybridized carbons (Fsp3) is 0.457.